The van der Waals surface area contributed by atoms with Gasteiger partial charge in [0.15, 0.2) is 11.5 Å². The number of carbonyl (C=O) groups is 1. The van der Waals surface area contributed by atoms with Gasteiger partial charge in [-0.25, -0.2) is 0 Å². The van der Waals surface area contributed by atoms with Gasteiger partial charge in [0.2, 0.25) is 0 Å². The molecule has 1 aromatic rings. The van der Waals surface area contributed by atoms with Gasteiger partial charge < -0.3 is 14.4 Å². The van der Waals surface area contributed by atoms with Crippen LogP contribution in [0.4, 0.5) is 10.5 Å². The van der Waals surface area contributed by atoms with Crippen molar-refractivity contribution in [1.29, 1.82) is 0 Å². The van der Waals surface area contributed by atoms with Crippen LogP contribution in [0.15, 0.2) is 18.2 Å². The Morgan fingerprint density at radius 2 is 2.00 bits per heavy atom. The van der Waals surface area contributed by atoms with Crippen molar-refractivity contribution in [2.45, 2.75) is 6.42 Å². The number of halogens is 1. The van der Waals surface area contributed by atoms with Crippen LogP contribution in [-0.2, 0) is 0 Å². The number of anilines is 1. The third kappa shape index (κ3) is 2.22. The number of fused-ring (bicyclic) bond motifs is 1. The fourth-order valence-corrected chi connectivity index (χ4v) is 1.56. The monoisotopic (exact) mass is 241 g/mol. The van der Waals surface area contributed by atoms with Crippen molar-refractivity contribution < 1.29 is 14.3 Å². The van der Waals surface area contributed by atoms with E-state index in [1.54, 1.807) is 25.2 Å². The Labute approximate surface area is 98.7 Å². The minimum absolute atomic E-state index is 0.533. The van der Waals surface area contributed by atoms with E-state index in [4.69, 9.17) is 21.1 Å². The van der Waals surface area contributed by atoms with Gasteiger partial charge in [-0.15, -0.1) is 0 Å². The Kier molecular flexibility index (Phi) is 3.19. The zero-order valence-electron chi connectivity index (χ0n) is 8.90. The predicted octanol–water partition coefficient (Wildman–Crippen LogP) is 2.64. The number of carbonyl (C=O) groups excluding carboxylic acids is 1. The molecule has 4 nitrogen and oxygen atoms in total. The summed E-state index contributed by atoms with van der Waals surface area (Å²) in [6.45, 7) is 1.27. The van der Waals surface area contributed by atoms with Gasteiger partial charge in [0.1, 0.15) is 0 Å². The summed E-state index contributed by atoms with van der Waals surface area (Å²) in [6, 6.07) is 5.31. The lowest BCUT2D eigenvalue weighted by molar-refractivity contribution is 0.265. The lowest BCUT2D eigenvalue weighted by Gasteiger charge is -2.15. The SMILES string of the molecule is CN(C(=O)Cl)c1ccc2c(c1)OCCCO2. The summed E-state index contributed by atoms with van der Waals surface area (Å²) in [5, 5.41) is -0.533. The molecule has 86 valence electrons. The number of amides is 1. The van der Waals surface area contributed by atoms with E-state index in [1.165, 1.54) is 4.90 Å². The molecule has 0 atom stereocenters. The maximum atomic E-state index is 11.0. The second-order valence-electron chi connectivity index (χ2n) is 3.49. The molecule has 0 spiro atoms. The maximum Gasteiger partial charge on any atom is 0.320 e. The van der Waals surface area contributed by atoms with E-state index in [9.17, 15) is 4.79 Å². The molecule has 1 aliphatic rings. The lowest BCUT2D eigenvalue weighted by atomic mass is 10.2. The Morgan fingerprint density at radius 3 is 2.69 bits per heavy atom. The number of rotatable bonds is 1. The third-order valence-electron chi connectivity index (χ3n) is 2.38. The van der Waals surface area contributed by atoms with E-state index >= 15 is 0 Å². The predicted molar refractivity (Wildman–Crippen MR) is 61.7 cm³/mol. The minimum Gasteiger partial charge on any atom is -0.490 e. The third-order valence-corrected chi connectivity index (χ3v) is 2.64. The molecule has 1 aromatic carbocycles. The number of hydrogen-bond acceptors (Lipinski definition) is 3. The van der Waals surface area contributed by atoms with Crippen molar-refractivity contribution in [3.05, 3.63) is 18.2 Å². The molecule has 2 rings (SSSR count). The van der Waals surface area contributed by atoms with Crippen LogP contribution in [0.25, 0.3) is 0 Å². The number of benzene rings is 1. The van der Waals surface area contributed by atoms with Crippen LogP contribution >= 0.6 is 11.6 Å². The second-order valence-corrected chi connectivity index (χ2v) is 3.82. The zero-order valence-corrected chi connectivity index (χ0v) is 9.66. The molecule has 1 amide bonds. The van der Waals surface area contributed by atoms with Crippen molar-refractivity contribution in [1.82, 2.24) is 0 Å². The molecule has 0 saturated heterocycles. The average molecular weight is 242 g/mol. The van der Waals surface area contributed by atoms with Crippen LogP contribution in [0.2, 0.25) is 0 Å². The quantitative estimate of drug-likeness (QED) is 0.561. The summed E-state index contributed by atoms with van der Waals surface area (Å²) >= 11 is 5.39. The van der Waals surface area contributed by atoms with E-state index in [2.05, 4.69) is 0 Å². The molecule has 5 heteroatoms. The highest BCUT2D eigenvalue weighted by molar-refractivity contribution is 6.66. The topological polar surface area (TPSA) is 38.8 Å². The highest BCUT2D eigenvalue weighted by Gasteiger charge is 2.14. The first kappa shape index (κ1) is 11.1. The van der Waals surface area contributed by atoms with Crippen LogP contribution in [0.3, 0.4) is 0 Å². The molecule has 0 unspecified atom stereocenters. The Morgan fingerprint density at radius 1 is 1.31 bits per heavy atom. The fourth-order valence-electron chi connectivity index (χ4n) is 1.46. The molecule has 1 heterocycles. The molecule has 0 saturated carbocycles. The van der Waals surface area contributed by atoms with Crippen LogP contribution < -0.4 is 14.4 Å². The van der Waals surface area contributed by atoms with Crippen molar-refractivity contribution in [3.8, 4) is 11.5 Å². The van der Waals surface area contributed by atoms with E-state index < -0.39 is 5.37 Å². The van der Waals surface area contributed by atoms with Gasteiger partial charge >= 0.3 is 5.37 Å². The van der Waals surface area contributed by atoms with Gasteiger partial charge in [-0.3, -0.25) is 4.79 Å². The lowest BCUT2D eigenvalue weighted by Crippen LogP contribution is -2.19. The summed E-state index contributed by atoms with van der Waals surface area (Å²) in [4.78, 5) is 12.3. The van der Waals surface area contributed by atoms with Gasteiger partial charge in [0.25, 0.3) is 0 Å². The highest BCUT2D eigenvalue weighted by atomic mass is 35.5. The molecule has 0 aromatic heterocycles. The van der Waals surface area contributed by atoms with Crippen LogP contribution in [-0.4, -0.2) is 25.6 Å². The fraction of sp³-hybridized carbons (Fsp3) is 0.364. The van der Waals surface area contributed by atoms with Gasteiger partial charge in [0, 0.05) is 25.2 Å². The van der Waals surface area contributed by atoms with Crippen molar-refractivity contribution >= 4 is 22.7 Å². The van der Waals surface area contributed by atoms with Gasteiger partial charge in [-0.05, 0) is 23.7 Å². The van der Waals surface area contributed by atoms with Crippen LogP contribution in [0, 0.1) is 0 Å². The Hall–Kier alpha value is -1.42. The average Bonchev–Trinajstić information content (AvgIpc) is 2.51. The minimum atomic E-state index is -0.533. The molecule has 0 radical (unpaired) electrons. The highest BCUT2D eigenvalue weighted by Crippen LogP contribution is 2.33. The molecular formula is C11H12ClNO3. The second kappa shape index (κ2) is 4.61. The smallest absolute Gasteiger partial charge is 0.320 e. The maximum absolute atomic E-state index is 11.0. The summed E-state index contributed by atoms with van der Waals surface area (Å²) in [5.41, 5.74) is 0.684. The van der Waals surface area contributed by atoms with Crippen LogP contribution in [0.5, 0.6) is 11.5 Å². The molecule has 1 aliphatic heterocycles. The van der Waals surface area contributed by atoms with Crippen LogP contribution in [0.1, 0.15) is 6.42 Å². The standard InChI is InChI=1S/C11H12ClNO3/c1-13(11(12)14)8-3-4-9-10(7-8)16-6-2-5-15-9/h3-4,7H,2,5-6H2,1H3. The molecule has 0 fully saturated rings. The first-order valence-electron chi connectivity index (χ1n) is 5.01. The number of nitrogens with zero attached hydrogens (tertiary/aromatic N) is 1. The van der Waals surface area contributed by atoms with Crippen molar-refractivity contribution in [2.24, 2.45) is 0 Å². The Balaban J connectivity index is 2.30. The largest absolute Gasteiger partial charge is 0.490 e. The van der Waals surface area contributed by atoms with Gasteiger partial charge in [-0.2, -0.15) is 0 Å². The van der Waals surface area contributed by atoms with E-state index in [0.717, 1.165) is 6.42 Å². The summed E-state index contributed by atoms with van der Waals surface area (Å²) in [7, 11) is 1.61. The summed E-state index contributed by atoms with van der Waals surface area (Å²) in [5.74, 6) is 1.36. The first-order valence-corrected chi connectivity index (χ1v) is 5.39. The number of hydrogen-bond donors (Lipinski definition) is 0. The van der Waals surface area contributed by atoms with E-state index in [-0.39, 0.29) is 0 Å². The summed E-state index contributed by atoms with van der Waals surface area (Å²) in [6.07, 6.45) is 0.855. The van der Waals surface area contributed by atoms with Crippen molar-refractivity contribution in [3.63, 3.8) is 0 Å². The summed E-state index contributed by atoms with van der Waals surface area (Å²) < 4.78 is 11.0. The molecule has 16 heavy (non-hydrogen) atoms. The molecule has 0 aliphatic carbocycles. The van der Waals surface area contributed by atoms with Gasteiger partial charge in [0.05, 0.1) is 13.2 Å². The van der Waals surface area contributed by atoms with Gasteiger partial charge in [-0.1, -0.05) is 0 Å². The van der Waals surface area contributed by atoms with Crippen molar-refractivity contribution in [2.75, 3.05) is 25.2 Å². The Bertz CT molecular complexity index is 408. The number of ether oxygens (including phenoxy) is 2. The zero-order chi connectivity index (χ0) is 11.5. The van der Waals surface area contributed by atoms with E-state index in [1.807, 2.05) is 0 Å². The molecule has 0 N–H and O–H groups in total. The molecule has 0 bridgehead atoms. The van der Waals surface area contributed by atoms with E-state index in [0.29, 0.717) is 30.4 Å². The first-order chi connectivity index (χ1) is 7.68. The normalized spacial score (nSPS) is 14.1. The molecular weight excluding hydrogens is 230 g/mol.